The van der Waals surface area contributed by atoms with Gasteiger partial charge in [-0.15, -0.1) is 0 Å². The van der Waals surface area contributed by atoms with Crippen LogP contribution in [-0.4, -0.2) is 137 Å². The predicted molar refractivity (Wildman–Crippen MR) is 176 cm³/mol. The van der Waals surface area contributed by atoms with Gasteiger partial charge in [0.15, 0.2) is 0 Å². The molecule has 2 fully saturated rings. The van der Waals surface area contributed by atoms with Gasteiger partial charge in [-0.05, 0) is 49.7 Å². The van der Waals surface area contributed by atoms with E-state index in [0.717, 1.165) is 38.8 Å². The van der Waals surface area contributed by atoms with Gasteiger partial charge in [0, 0.05) is 57.9 Å². The number of anilines is 1. The number of benzene rings is 1. The maximum Gasteiger partial charge on any atom is 0.227 e. The summed E-state index contributed by atoms with van der Waals surface area (Å²) in [6.07, 6.45) is 1.31. The van der Waals surface area contributed by atoms with Gasteiger partial charge in [-0.25, -0.2) is 14.4 Å². The molecule has 1 amide bonds. The summed E-state index contributed by atoms with van der Waals surface area (Å²) in [5.41, 5.74) is -0.191. The molecule has 0 bridgehead atoms. The highest BCUT2D eigenvalue weighted by Gasteiger charge is 2.40. The Morgan fingerprint density at radius 1 is 1.12 bits per heavy atom. The molecular weight excluding hydrogens is 649 g/mol. The topological polar surface area (TPSA) is 181 Å². The second-order valence-electron chi connectivity index (χ2n) is 13.0. The minimum Gasteiger partial charge on any atom is -0.493 e. The highest BCUT2D eigenvalue weighted by molar-refractivity contribution is 6.30. The van der Waals surface area contributed by atoms with Crippen molar-refractivity contribution in [2.75, 3.05) is 71.1 Å². The number of amides is 1. The fourth-order valence-corrected chi connectivity index (χ4v) is 6.52. The van der Waals surface area contributed by atoms with E-state index in [-0.39, 0.29) is 24.4 Å². The zero-order chi connectivity index (χ0) is 34.7. The van der Waals surface area contributed by atoms with Crippen molar-refractivity contribution in [1.82, 2.24) is 20.2 Å². The third-order valence-electron chi connectivity index (χ3n) is 9.32. The number of hydrogen-bond acceptors (Lipinski definition) is 12. The number of methoxy groups -OCH3 is 1. The van der Waals surface area contributed by atoms with Crippen molar-refractivity contribution >= 4 is 23.5 Å². The van der Waals surface area contributed by atoms with E-state index in [9.17, 15) is 25.2 Å². The number of likely N-dealkylation sites (tertiary alicyclic amines) is 1. The first-order chi connectivity index (χ1) is 23.0. The Kier molecular flexibility index (Phi) is 14.6. The lowest BCUT2D eigenvalue weighted by molar-refractivity contribution is -0.130. The highest BCUT2D eigenvalue weighted by Crippen LogP contribution is 2.31. The van der Waals surface area contributed by atoms with Crippen LogP contribution in [0.2, 0.25) is 5.02 Å². The molecule has 2 aliphatic rings. The van der Waals surface area contributed by atoms with Crippen LogP contribution < -0.4 is 15.0 Å². The van der Waals surface area contributed by atoms with Crippen molar-refractivity contribution in [3.8, 4) is 5.75 Å². The number of nitrogens with one attached hydrogen (secondary N) is 1. The second-order valence-corrected chi connectivity index (χ2v) is 13.4. The molecule has 0 saturated carbocycles. The summed E-state index contributed by atoms with van der Waals surface area (Å²) in [6.45, 7) is 2.86. The van der Waals surface area contributed by atoms with Crippen molar-refractivity contribution in [1.29, 1.82) is 0 Å². The SMILES string of the molecule is COCC1(CNCC(O)C(O)C(O)C(O)CO)CCN(C(=O)Cc2ccc(OCCCC3CCN(c4ncc(Cl)cn4)CC3)cc2F)C1. The van der Waals surface area contributed by atoms with Crippen molar-refractivity contribution in [3.63, 3.8) is 0 Å². The number of rotatable bonds is 18. The van der Waals surface area contributed by atoms with E-state index in [2.05, 4.69) is 20.2 Å². The quantitative estimate of drug-likeness (QED) is 0.121. The number of aliphatic hydroxyl groups excluding tert-OH is 5. The summed E-state index contributed by atoms with van der Waals surface area (Å²) in [7, 11) is 1.55. The van der Waals surface area contributed by atoms with E-state index in [1.54, 1.807) is 36.5 Å². The van der Waals surface area contributed by atoms with Crippen LogP contribution in [0.15, 0.2) is 30.6 Å². The summed E-state index contributed by atoms with van der Waals surface area (Å²) in [5.74, 6) is 0.995. The number of carbonyl (C=O) groups excluding carboxylic acids is 1. The molecule has 268 valence electrons. The summed E-state index contributed by atoms with van der Waals surface area (Å²) in [6, 6.07) is 4.61. The molecule has 2 aromatic rings. The molecule has 2 saturated heterocycles. The largest absolute Gasteiger partial charge is 0.493 e. The molecule has 0 aliphatic carbocycles. The molecule has 1 aromatic carbocycles. The van der Waals surface area contributed by atoms with Crippen LogP contribution in [0.3, 0.4) is 0 Å². The molecule has 0 radical (unpaired) electrons. The molecule has 2 aliphatic heterocycles. The van der Waals surface area contributed by atoms with Crippen LogP contribution in [0.5, 0.6) is 5.75 Å². The van der Waals surface area contributed by atoms with Crippen LogP contribution in [0.1, 0.15) is 37.7 Å². The van der Waals surface area contributed by atoms with Crippen LogP contribution in [0, 0.1) is 17.2 Å². The number of nitrogens with zero attached hydrogens (tertiary/aromatic N) is 4. The maximum absolute atomic E-state index is 15.0. The fraction of sp³-hybridized carbons (Fsp3) is 0.667. The third-order valence-corrected chi connectivity index (χ3v) is 9.51. The van der Waals surface area contributed by atoms with Gasteiger partial charge < -0.3 is 50.1 Å². The smallest absolute Gasteiger partial charge is 0.227 e. The summed E-state index contributed by atoms with van der Waals surface area (Å²) < 4.78 is 26.3. The maximum atomic E-state index is 15.0. The zero-order valence-corrected chi connectivity index (χ0v) is 28.1. The van der Waals surface area contributed by atoms with Gasteiger partial charge in [-0.3, -0.25) is 4.79 Å². The van der Waals surface area contributed by atoms with Gasteiger partial charge in [-0.1, -0.05) is 17.7 Å². The Bertz CT molecular complexity index is 1290. The zero-order valence-electron chi connectivity index (χ0n) is 27.4. The molecule has 48 heavy (non-hydrogen) atoms. The normalized spacial score (nSPS) is 21.2. The van der Waals surface area contributed by atoms with Crippen molar-refractivity contribution in [3.05, 3.63) is 47.0 Å². The minimum atomic E-state index is -1.71. The standard InChI is InChI=1S/C33H49ClFN5O8/c1-47-21-33(19-36-17-27(42)30(45)31(46)28(43)18-41)8-11-40(20-33)29(44)13-23-4-5-25(14-26(23)35)48-12-2-3-22-6-9-39(10-7-22)32-37-15-24(34)16-38-32/h4-5,14-16,22,27-28,30-31,36,41-43,45-46H,2-3,6-13,17-21H2,1H3. The average molecular weight is 698 g/mol. The van der Waals surface area contributed by atoms with Gasteiger partial charge in [-0.2, -0.15) is 0 Å². The fourth-order valence-electron chi connectivity index (χ4n) is 6.42. The van der Waals surface area contributed by atoms with Crippen molar-refractivity contribution < 1.29 is 44.2 Å². The first-order valence-corrected chi connectivity index (χ1v) is 16.9. The van der Waals surface area contributed by atoms with E-state index in [4.69, 9.17) is 26.2 Å². The van der Waals surface area contributed by atoms with E-state index in [1.807, 2.05) is 0 Å². The van der Waals surface area contributed by atoms with Gasteiger partial charge in [0.2, 0.25) is 11.9 Å². The second kappa shape index (κ2) is 18.3. The van der Waals surface area contributed by atoms with Crippen LogP contribution in [-0.2, 0) is 16.0 Å². The van der Waals surface area contributed by atoms with E-state index < -0.39 is 42.3 Å². The molecule has 0 spiro atoms. The first kappa shape index (κ1) is 38.1. The molecule has 5 unspecified atom stereocenters. The van der Waals surface area contributed by atoms with Crippen LogP contribution in [0.25, 0.3) is 0 Å². The number of piperidine rings is 1. The first-order valence-electron chi connectivity index (χ1n) is 16.5. The molecule has 4 rings (SSSR count). The van der Waals surface area contributed by atoms with Gasteiger partial charge in [0.1, 0.15) is 29.9 Å². The number of aromatic nitrogens is 2. The summed E-state index contributed by atoms with van der Waals surface area (Å²) >= 11 is 5.89. The predicted octanol–water partition coefficient (Wildman–Crippen LogP) is 0.778. The van der Waals surface area contributed by atoms with E-state index >= 15 is 4.39 Å². The van der Waals surface area contributed by atoms with Gasteiger partial charge in [0.25, 0.3) is 0 Å². The molecule has 3 heterocycles. The van der Waals surface area contributed by atoms with Crippen molar-refractivity contribution in [2.45, 2.75) is 62.9 Å². The lowest BCUT2D eigenvalue weighted by Crippen LogP contribution is -2.50. The van der Waals surface area contributed by atoms with E-state index in [0.29, 0.717) is 61.9 Å². The number of aliphatic hydroxyl groups is 5. The van der Waals surface area contributed by atoms with Gasteiger partial charge in [0.05, 0.1) is 49.8 Å². The Morgan fingerprint density at radius 3 is 2.50 bits per heavy atom. The Morgan fingerprint density at radius 2 is 1.83 bits per heavy atom. The molecule has 15 heteroatoms. The van der Waals surface area contributed by atoms with Crippen LogP contribution in [0.4, 0.5) is 10.3 Å². The summed E-state index contributed by atoms with van der Waals surface area (Å²) in [5, 5.41) is 52.1. The Balaban J connectivity index is 1.17. The number of hydrogen-bond donors (Lipinski definition) is 6. The molecule has 13 nitrogen and oxygen atoms in total. The molecule has 6 N–H and O–H groups in total. The lowest BCUT2D eigenvalue weighted by atomic mass is 9.88. The number of carbonyl (C=O) groups is 1. The summed E-state index contributed by atoms with van der Waals surface area (Å²) in [4.78, 5) is 25.6. The monoisotopic (exact) mass is 697 g/mol. The minimum absolute atomic E-state index is 0.0989. The third kappa shape index (κ3) is 10.7. The van der Waals surface area contributed by atoms with Gasteiger partial charge >= 0.3 is 0 Å². The Labute approximate surface area is 285 Å². The lowest BCUT2D eigenvalue weighted by Gasteiger charge is -2.31. The van der Waals surface area contributed by atoms with Crippen LogP contribution >= 0.6 is 11.6 Å². The Hall–Kier alpha value is -2.69. The van der Waals surface area contributed by atoms with Crippen molar-refractivity contribution in [2.24, 2.45) is 11.3 Å². The average Bonchev–Trinajstić information content (AvgIpc) is 3.51. The molecular formula is C33H49ClFN5O8. The number of halogens is 2. The number of ether oxygens (including phenoxy) is 2. The molecule has 5 atom stereocenters. The van der Waals surface area contributed by atoms with E-state index in [1.165, 1.54) is 6.07 Å². The molecule has 1 aromatic heterocycles. The highest BCUT2D eigenvalue weighted by atomic mass is 35.5.